The number of benzene rings is 1. The molecule has 0 bridgehead atoms. The highest BCUT2D eigenvalue weighted by Gasteiger charge is 2.15. The first kappa shape index (κ1) is 12.6. The fraction of sp³-hybridized carbons (Fsp3) is 0.222. The SMILES string of the molecule is COC(=O)CNS(=O)(=O)c1cccc(F)c1. The second-order valence-corrected chi connectivity index (χ2v) is 4.63. The maximum atomic E-state index is 12.8. The zero-order chi connectivity index (χ0) is 12.2. The van der Waals surface area contributed by atoms with Crippen molar-refractivity contribution in [2.75, 3.05) is 13.7 Å². The Hall–Kier alpha value is -1.47. The second kappa shape index (κ2) is 5.04. The first-order chi connectivity index (χ1) is 7.45. The number of methoxy groups -OCH3 is 1. The summed E-state index contributed by atoms with van der Waals surface area (Å²) in [6.07, 6.45) is 0. The summed E-state index contributed by atoms with van der Waals surface area (Å²) >= 11 is 0. The van der Waals surface area contributed by atoms with Gasteiger partial charge in [0, 0.05) is 0 Å². The van der Waals surface area contributed by atoms with Crippen LogP contribution in [-0.2, 0) is 19.6 Å². The molecule has 0 radical (unpaired) electrons. The summed E-state index contributed by atoms with van der Waals surface area (Å²) in [5.74, 6) is -1.39. The largest absolute Gasteiger partial charge is 0.468 e. The van der Waals surface area contributed by atoms with Gasteiger partial charge in [0.15, 0.2) is 0 Å². The lowest BCUT2D eigenvalue weighted by Gasteiger charge is -2.05. The van der Waals surface area contributed by atoms with Crippen LogP contribution in [0, 0.1) is 5.82 Å². The fourth-order valence-corrected chi connectivity index (χ4v) is 1.94. The van der Waals surface area contributed by atoms with E-state index in [2.05, 4.69) is 4.74 Å². The molecule has 0 saturated heterocycles. The second-order valence-electron chi connectivity index (χ2n) is 2.86. The summed E-state index contributed by atoms with van der Waals surface area (Å²) < 4.78 is 42.1. The van der Waals surface area contributed by atoms with Crippen molar-refractivity contribution >= 4 is 16.0 Å². The van der Waals surface area contributed by atoms with Crippen molar-refractivity contribution in [2.24, 2.45) is 0 Å². The molecule has 0 fully saturated rings. The molecule has 5 nitrogen and oxygen atoms in total. The minimum Gasteiger partial charge on any atom is -0.468 e. The van der Waals surface area contributed by atoms with Gasteiger partial charge < -0.3 is 4.74 Å². The van der Waals surface area contributed by atoms with Crippen LogP contribution in [-0.4, -0.2) is 28.0 Å². The van der Waals surface area contributed by atoms with E-state index in [1.807, 2.05) is 4.72 Å². The van der Waals surface area contributed by atoms with Crippen molar-refractivity contribution in [3.05, 3.63) is 30.1 Å². The van der Waals surface area contributed by atoms with Crippen LogP contribution >= 0.6 is 0 Å². The summed E-state index contributed by atoms with van der Waals surface area (Å²) in [6, 6.07) is 4.48. The number of esters is 1. The quantitative estimate of drug-likeness (QED) is 0.775. The highest BCUT2D eigenvalue weighted by atomic mass is 32.2. The highest BCUT2D eigenvalue weighted by molar-refractivity contribution is 7.89. The Morgan fingerprint density at radius 3 is 2.75 bits per heavy atom. The van der Waals surface area contributed by atoms with Gasteiger partial charge in [-0.1, -0.05) is 6.07 Å². The molecule has 0 amide bonds. The molecule has 0 aliphatic rings. The van der Waals surface area contributed by atoms with E-state index in [1.165, 1.54) is 12.1 Å². The van der Waals surface area contributed by atoms with Crippen molar-refractivity contribution in [3.8, 4) is 0 Å². The average Bonchev–Trinajstić information content (AvgIpc) is 2.26. The highest BCUT2D eigenvalue weighted by Crippen LogP contribution is 2.09. The lowest BCUT2D eigenvalue weighted by Crippen LogP contribution is -2.30. The summed E-state index contributed by atoms with van der Waals surface area (Å²) in [6.45, 7) is -0.491. The third-order valence-corrected chi connectivity index (χ3v) is 3.14. The monoisotopic (exact) mass is 247 g/mol. The summed E-state index contributed by atoms with van der Waals surface area (Å²) in [5.41, 5.74) is 0. The van der Waals surface area contributed by atoms with Crippen LogP contribution in [0.1, 0.15) is 0 Å². The molecule has 1 aromatic carbocycles. The van der Waals surface area contributed by atoms with Crippen molar-refractivity contribution in [3.63, 3.8) is 0 Å². The van der Waals surface area contributed by atoms with Gasteiger partial charge in [-0.25, -0.2) is 12.8 Å². The Kier molecular flexibility index (Phi) is 3.97. The number of nitrogens with one attached hydrogen (secondary N) is 1. The number of ether oxygens (including phenoxy) is 1. The maximum Gasteiger partial charge on any atom is 0.320 e. The molecule has 0 saturated carbocycles. The minimum absolute atomic E-state index is 0.239. The van der Waals surface area contributed by atoms with E-state index in [1.54, 1.807) is 0 Å². The van der Waals surface area contributed by atoms with Crippen LogP contribution in [0.25, 0.3) is 0 Å². The van der Waals surface area contributed by atoms with Gasteiger partial charge in [0.1, 0.15) is 12.4 Å². The Labute approximate surface area is 92.3 Å². The zero-order valence-electron chi connectivity index (χ0n) is 8.44. The van der Waals surface area contributed by atoms with Gasteiger partial charge in [-0.15, -0.1) is 0 Å². The number of hydrogen-bond donors (Lipinski definition) is 1. The number of carbonyl (C=O) groups is 1. The van der Waals surface area contributed by atoms with Crippen LogP contribution in [0.5, 0.6) is 0 Å². The number of rotatable bonds is 4. The molecule has 7 heteroatoms. The van der Waals surface area contributed by atoms with Crippen molar-refractivity contribution in [2.45, 2.75) is 4.90 Å². The average molecular weight is 247 g/mol. The normalized spacial score (nSPS) is 11.1. The molecule has 1 aromatic rings. The van der Waals surface area contributed by atoms with Crippen molar-refractivity contribution in [1.82, 2.24) is 4.72 Å². The lowest BCUT2D eigenvalue weighted by molar-refractivity contribution is -0.139. The molecule has 1 N–H and O–H groups in total. The molecule has 88 valence electrons. The summed E-state index contributed by atoms with van der Waals surface area (Å²) in [4.78, 5) is 10.5. The van der Waals surface area contributed by atoms with Crippen LogP contribution in [0.15, 0.2) is 29.2 Å². The Morgan fingerprint density at radius 1 is 1.50 bits per heavy atom. The molecule has 0 heterocycles. The molecule has 0 unspecified atom stereocenters. The molecule has 0 atom stereocenters. The van der Waals surface area contributed by atoms with Crippen LogP contribution in [0.2, 0.25) is 0 Å². The third-order valence-electron chi connectivity index (χ3n) is 1.74. The van der Waals surface area contributed by atoms with Gasteiger partial charge in [0.2, 0.25) is 10.0 Å². The van der Waals surface area contributed by atoms with Gasteiger partial charge in [-0.3, -0.25) is 4.79 Å². The zero-order valence-corrected chi connectivity index (χ0v) is 9.25. The van der Waals surface area contributed by atoms with Crippen molar-refractivity contribution in [1.29, 1.82) is 0 Å². The van der Waals surface area contributed by atoms with E-state index in [4.69, 9.17) is 0 Å². The van der Waals surface area contributed by atoms with Crippen LogP contribution < -0.4 is 4.72 Å². The van der Waals surface area contributed by atoms with Crippen molar-refractivity contribution < 1.29 is 22.3 Å². The summed E-state index contributed by atoms with van der Waals surface area (Å²) in [5, 5.41) is 0. The molecule has 0 aromatic heterocycles. The molecule has 0 aliphatic heterocycles. The number of hydrogen-bond acceptors (Lipinski definition) is 4. The van der Waals surface area contributed by atoms with Crippen LogP contribution in [0.3, 0.4) is 0 Å². The molecule has 16 heavy (non-hydrogen) atoms. The van der Waals surface area contributed by atoms with Gasteiger partial charge in [0.25, 0.3) is 0 Å². The van der Waals surface area contributed by atoms with E-state index in [9.17, 15) is 17.6 Å². The smallest absolute Gasteiger partial charge is 0.320 e. The fourth-order valence-electron chi connectivity index (χ4n) is 0.944. The Morgan fingerprint density at radius 2 is 2.19 bits per heavy atom. The summed E-state index contributed by atoms with van der Waals surface area (Å²) in [7, 11) is -2.74. The standard InChI is InChI=1S/C9H10FNO4S/c1-15-9(12)6-11-16(13,14)8-4-2-3-7(10)5-8/h2-5,11H,6H2,1H3. The Bertz CT molecular complexity index is 486. The molecule has 0 aliphatic carbocycles. The van der Waals surface area contributed by atoms with E-state index in [-0.39, 0.29) is 4.90 Å². The van der Waals surface area contributed by atoms with Gasteiger partial charge in [-0.05, 0) is 18.2 Å². The van der Waals surface area contributed by atoms with E-state index in [0.717, 1.165) is 19.2 Å². The van der Waals surface area contributed by atoms with Crippen LogP contribution in [0.4, 0.5) is 4.39 Å². The molecular weight excluding hydrogens is 237 g/mol. The van der Waals surface area contributed by atoms with E-state index < -0.39 is 28.4 Å². The topological polar surface area (TPSA) is 72.5 Å². The Balaban J connectivity index is 2.82. The number of sulfonamides is 1. The predicted molar refractivity (Wildman–Crippen MR) is 53.6 cm³/mol. The minimum atomic E-state index is -3.88. The predicted octanol–water partition coefficient (Wildman–Crippen LogP) is 0.277. The van der Waals surface area contributed by atoms with E-state index in [0.29, 0.717) is 0 Å². The van der Waals surface area contributed by atoms with Gasteiger partial charge >= 0.3 is 5.97 Å². The van der Waals surface area contributed by atoms with Gasteiger partial charge in [0.05, 0.1) is 12.0 Å². The molecule has 0 spiro atoms. The molecule has 1 rings (SSSR count). The number of carbonyl (C=O) groups excluding carboxylic acids is 1. The first-order valence-corrected chi connectivity index (χ1v) is 5.76. The maximum absolute atomic E-state index is 12.8. The van der Waals surface area contributed by atoms with E-state index >= 15 is 0 Å². The lowest BCUT2D eigenvalue weighted by atomic mass is 10.4. The number of halogens is 1. The van der Waals surface area contributed by atoms with Gasteiger partial charge in [-0.2, -0.15) is 4.72 Å². The first-order valence-electron chi connectivity index (χ1n) is 4.28. The molecular formula is C9H10FNO4S. The third kappa shape index (κ3) is 3.28.